The van der Waals surface area contributed by atoms with Gasteiger partial charge in [0.25, 0.3) is 11.8 Å². The number of carbonyl (C=O) groups excluding carboxylic acids is 6. The number of hydrogen-bond acceptors (Lipinski definition) is 24. The number of aromatic carboxylic acids is 2. The number of carbonyl (C=O) groups is 8. The summed E-state index contributed by atoms with van der Waals surface area (Å²) < 4.78 is 9.42. The lowest BCUT2D eigenvalue weighted by atomic mass is 9.96. The molecule has 31 heteroatoms. The second kappa shape index (κ2) is 29.6. The van der Waals surface area contributed by atoms with E-state index in [2.05, 4.69) is 56.1 Å². The predicted octanol–water partition coefficient (Wildman–Crippen LogP) is 10.1. The Hall–Kier alpha value is -8.52. The first kappa shape index (κ1) is 63.1. The molecule has 2 aliphatic heterocycles. The van der Waals surface area contributed by atoms with Crippen LogP contribution in [0.25, 0.3) is 0 Å². The molecule has 440 valence electrons. The van der Waals surface area contributed by atoms with Crippen LogP contribution < -0.4 is 47.9 Å². The highest BCUT2D eigenvalue weighted by Crippen LogP contribution is 2.35. The largest absolute Gasteiger partial charge is 0.477 e. The summed E-state index contributed by atoms with van der Waals surface area (Å²) in [7, 11) is 2.63. The lowest BCUT2D eigenvalue weighted by molar-refractivity contribution is -0.123. The fourth-order valence-corrected chi connectivity index (χ4v) is 12.8. The number of thiazole rings is 3. The Morgan fingerprint density at radius 3 is 1.18 bits per heavy atom. The van der Waals surface area contributed by atoms with Crippen LogP contribution in [0.3, 0.4) is 0 Å². The van der Waals surface area contributed by atoms with Crippen molar-refractivity contribution in [2.75, 3.05) is 76.8 Å². The van der Waals surface area contributed by atoms with Crippen LogP contribution in [-0.2, 0) is 19.1 Å². The number of thiophene rings is 3. The lowest BCUT2D eigenvalue weighted by Crippen LogP contribution is -2.38. The van der Waals surface area contributed by atoms with Crippen LogP contribution in [0.5, 0.6) is 0 Å². The number of nitrogens with one attached hydrogen (secondary N) is 5. The molecule has 0 bridgehead atoms. The van der Waals surface area contributed by atoms with Gasteiger partial charge in [-0.05, 0) is 84.3 Å². The van der Waals surface area contributed by atoms with Crippen LogP contribution in [0, 0.1) is 11.8 Å². The fraction of sp³-hybridized carbons (Fsp3) is 0.226. The molecule has 0 spiro atoms. The number of nitrogens with two attached hydrogens (primary N) is 2. The molecule has 10 rings (SSSR count). The highest BCUT2D eigenvalue weighted by Gasteiger charge is 2.27. The molecule has 2 fully saturated rings. The van der Waals surface area contributed by atoms with Crippen molar-refractivity contribution in [3.05, 3.63) is 131 Å². The molecular formula is C53H53ClN12O12S6. The van der Waals surface area contributed by atoms with Crippen molar-refractivity contribution in [1.82, 2.24) is 15.0 Å². The van der Waals surface area contributed by atoms with Gasteiger partial charge in [-0.25, -0.2) is 34.1 Å². The van der Waals surface area contributed by atoms with Crippen LogP contribution in [0.15, 0.2) is 99.0 Å². The monoisotopic (exact) mass is 1280 g/mol. The second-order valence-corrected chi connectivity index (χ2v) is 23.2. The maximum Gasteiger partial charge on any atom is 0.355 e. The van der Waals surface area contributed by atoms with Crippen molar-refractivity contribution in [2.45, 2.75) is 25.7 Å². The third-order valence-electron chi connectivity index (χ3n) is 12.6. The average molecular weight is 1280 g/mol. The molecule has 0 atom stereocenters. The van der Waals surface area contributed by atoms with E-state index in [1.54, 1.807) is 45.1 Å². The minimum absolute atomic E-state index is 0. The summed E-state index contributed by atoms with van der Waals surface area (Å²) in [4.78, 5) is 112. The first-order chi connectivity index (χ1) is 40.0. The zero-order valence-electron chi connectivity index (χ0n) is 44.4. The molecule has 6 aromatic heterocycles. The number of hydrogen-bond donors (Lipinski definition) is 9. The number of carboxylic acids is 2. The third kappa shape index (κ3) is 16.2. The Balaban J connectivity index is 0.000000188. The van der Waals surface area contributed by atoms with E-state index in [0.29, 0.717) is 105 Å². The van der Waals surface area contributed by atoms with Gasteiger partial charge in [0.2, 0.25) is 11.8 Å². The molecule has 2 saturated heterocycles. The van der Waals surface area contributed by atoms with E-state index in [1.807, 2.05) is 48.5 Å². The highest BCUT2D eigenvalue weighted by atomic mass is 35.5. The van der Waals surface area contributed by atoms with Crippen molar-refractivity contribution in [3.63, 3.8) is 0 Å². The summed E-state index contributed by atoms with van der Waals surface area (Å²) in [6.45, 7) is 2.73. The van der Waals surface area contributed by atoms with Crippen LogP contribution in [0.2, 0.25) is 0 Å². The Labute approximate surface area is 509 Å². The van der Waals surface area contributed by atoms with Gasteiger partial charge >= 0.3 is 23.9 Å². The number of para-hydroxylation sites is 4. The number of methoxy groups -OCH3 is 2. The molecule has 4 amide bonds. The number of halogens is 1. The zero-order chi connectivity index (χ0) is 59.2. The predicted molar refractivity (Wildman–Crippen MR) is 330 cm³/mol. The van der Waals surface area contributed by atoms with E-state index in [0.717, 1.165) is 34.0 Å². The molecule has 0 aliphatic carbocycles. The maximum atomic E-state index is 12.9. The minimum Gasteiger partial charge on any atom is -0.477 e. The van der Waals surface area contributed by atoms with Gasteiger partial charge in [-0.3, -0.25) is 19.2 Å². The van der Waals surface area contributed by atoms with Gasteiger partial charge in [-0.1, -0.05) is 24.3 Å². The lowest BCUT2D eigenvalue weighted by Gasteiger charge is -2.33. The van der Waals surface area contributed by atoms with Gasteiger partial charge in [-0.2, -0.15) is 0 Å². The molecule has 8 heterocycles. The van der Waals surface area contributed by atoms with Crippen molar-refractivity contribution >= 4 is 183 Å². The molecule has 0 saturated carbocycles. The standard InChI is InChI=1S/C22H23N5O4S2.C21H21N5O4S2.C10H8N2O4S2.ClH/c1-31-21(30)18-15(8-11-32-18)25-22-26-16(12-33-22)20(29)24-14-4-2-3-5-17(14)27-9-6-13(7-10-27)19(23)28;22-18(27)12-5-8-26(9-6-12)16-4-2-1-3-13(16)23-19(28)15-11-32-21(25-15)24-14-7-10-31-17(14)20(29)30;1-16-9(15)7-5(2-3-17-7)11-10-12-6(4-18-10)8(13)14;/h2-5,8,11-13H,6-7,9-10H2,1H3,(H2,23,28)(H,24,29)(H,25,26);1-4,7,10-12H,5-6,8-9H2,(H2,22,27)(H,23,28)(H,24,25)(H,29,30);2-4H,1H3,(H,11,12)(H,13,14);1H. The van der Waals surface area contributed by atoms with Gasteiger partial charge in [0.15, 0.2) is 21.1 Å². The summed E-state index contributed by atoms with van der Waals surface area (Å²) in [5, 5.41) is 44.0. The van der Waals surface area contributed by atoms with Gasteiger partial charge in [0, 0.05) is 54.2 Å². The molecule has 8 aromatic rings. The average Bonchev–Trinajstić information content (AvgIpc) is 4.35. The van der Waals surface area contributed by atoms with Crippen LogP contribution in [0.1, 0.15) is 86.2 Å². The van der Waals surface area contributed by atoms with Crippen molar-refractivity contribution in [2.24, 2.45) is 23.3 Å². The first-order valence-electron chi connectivity index (χ1n) is 24.9. The molecular weight excluding hydrogens is 1220 g/mol. The van der Waals surface area contributed by atoms with Crippen molar-refractivity contribution in [3.8, 4) is 0 Å². The van der Waals surface area contributed by atoms with Gasteiger partial charge in [0.05, 0.1) is 54.0 Å². The summed E-state index contributed by atoms with van der Waals surface area (Å²) in [5.41, 5.74) is 16.0. The number of anilines is 10. The summed E-state index contributed by atoms with van der Waals surface area (Å²) >= 11 is 7.25. The molecule has 2 aliphatic rings. The summed E-state index contributed by atoms with van der Waals surface area (Å²) in [6, 6.07) is 20.2. The molecule has 0 radical (unpaired) electrons. The van der Waals surface area contributed by atoms with Gasteiger partial charge < -0.3 is 67.5 Å². The number of aromatic nitrogens is 3. The molecule has 24 nitrogen and oxygen atoms in total. The highest BCUT2D eigenvalue weighted by molar-refractivity contribution is 7.15. The Bertz CT molecular complexity index is 3640. The number of nitrogens with zero attached hydrogens (tertiary/aromatic N) is 5. The number of carboxylic acid groups (broad SMARTS) is 2. The zero-order valence-corrected chi connectivity index (χ0v) is 50.1. The van der Waals surface area contributed by atoms with Gasteiger partial charge in [0.1, 0.15) is 26.0 Å². The maximum absolute atomic E-state index is 12.9. The van der Waals surface area contributed by atoms with E-state index in [-0.39, 0.29) is 69.8 Å². The minimum atomic E-state index is -1.09. The summed E-state index contributed by atoms with van der Waals surface area (Å²) in [5.74, 6) is -4.42. The number of rotatable bonds is 18. The van der Waals surface area contributed by atoms with Crippen LogP contribution >= 0.6 is 80.4 Å². The number of piperidine rings is 2. The number of primary amides is 2. The summed E-state index contributed by atoms with van der Waals surface area (Å²) in [6.07, 6.45) is 2.74. The number of ether oxygens (including phenoxy) is 2. The quantitative estimate of drug-likeness (QED) is 0.0361. The van der Waals surface area contributed by atoms with E-state index >= 15 is 0 Å². The van der Waals surface area contributed by atoms with Crippen LogP contribution in [0.4, 0.5) is 55.2 Å². The number of esters is 2. The van der Waals surface area contributed by atoms with E-state index in [4.69, 9.17) is 21.3 Å². The van der Waals surface area contributed by atoms with Crippen molar-refractivity contribution in [1.29, 1.82) is 0 Å². The normalized spacial score (nSPS) is 13.1. The molecule has 2 aromatic carbocycles. The third-order valence-corrected chi connectivity index (χ3v) is 17.6. The first-order valence-corrected chi connectivity index (χ1v) is 30.2. The van der Waals surface area contributed by atoms with Crippen LogP contribution in [-0.4, -0.2) is 113 Å². The Kier molecular flexibility index (Phi) is 22.3. The molecule has 11 N–H and O–H groups in total. The van der Waals surface area contributed by atoms with E-state index in [9.17, 15) is 43.5 Å². The Morgan fingerprint density at radius 2 is 0.833 bits per heavy atom. The number of amides is 4. The molecule has 84 heavy (non-hydrogen) atoms. The van der Waals surface area contributed by atoms with E-state index in [1.165, 1.54) is 64.9 Å². The second-order valence-electron chi connectivity index (χ2n) is 17.8. The Morgan fingerprint density at radius 1 is 0.488 bits per heavy atom. The topological polar surface area (TPSA) is 353 Å². The van der Waals surface area contributed by atoms with Gasteiger partial charge in [-0.15, -0.1) is 80.4 Å². The van der Waals surface area contributed by atoms with E-state index < -0.39 is 23.9 Å². The van der Waals surface area contributed by atoms with Crippen molar-refractivity contribution < 1.29 is 58.0 Å². The smallest absolute Gasteiger partial charge is 0.355 e. The number of benzene rings is 2. The SMILES string of the molecule is COC(=O)c1sccc1Nc1nc(C(=O)Nc2ccccc2N2CCC(C(N)=O)CC2)cs1.COC(=O)c1sccc1Nc1nc(C(=O)O)cs1.Cl.NC(=O)C1CCN(c2ccccc2NC(=O)c2csc(Nc3ccsc3C(=O)O)n2)CC1. The molecule has 0 unspecified atom stereocenters. The fourth-order valence-electron chi connectivity index (χ4n) is 8.43.